The van der Waals surface area contributed by atoms with Gasteiger partial charge in [-0.3, -0.25) is 0 Å². The lowest BCUT2D eigenvalue weighted by Crippen LogP contribution is -2.19. The second kappa shape index (κ2) is 7.96. The van der Waals surface area contributed by atoms with Gasteiger partial charge in [0.25, 0.3) is 0 Å². The molecule has 1 aromatic carbocycles. The molecule has 114 valence electrons. The molecule has 0 spiro atoms. The van der Waals surface area contributed by atoms with Gasteiger partial charge < -0.3 is 19.5 Å². The molecule has 0 heterocycles. The number of alkyl halides is 3. The maximum Gasteiger partial charge on any atom is 0.411 e. The lowest BCUT2D eigenvalue weighted by molar-refractivity contribution is -0.175. The Morgan fingerprint density at radius 1 is 1.20 bits per heavy atom. The first-order chi connectivity index (χ1) is 9.46. The molecule has 0 saturated carbocycles. The molecule has 0 aliphatic carbocycles. The van der Waals surface area contributed by atoms with Gasteiger partial charge in [0.1, 0.15) is 24.7 Å². The fourth-order valence-electron chi connectivity index (χ4n) is 1.55. The van der Waals surface area contributed by atoms with Crippen LogP contribution in [0, 0.1) is 0 Å². The van der Waals surface area contributed by atoms with Gasteiger partial charge in [0.15, 0.2) is 0 Å². The Bertz CT molecular complexity index is 410. The van der Waals surface area contributed by atoms with E-state index in [1.807, 2.05) is 6.07 Å². The molecule has 1 aromatic rings. The molecular formula is C13H18F3NO3. The van der Waals surface area contributed by atoms with Crippen LogP contribution in [-0.2, 0) is 11.3 Å². The summed E-state index contributed by atoms with van der Waals surface area (Å²) in [5.41, 5.74) is 0.864. The van der Waals surface area contributed by atoms with Crippen molar-refractivity contribution in [3.8, 4) is 11.5 Å². The smallest absolute Gasteiger partial charge is 0.411 e. The highest BCUT2D eigenvalue weighted by atomic mass is 19.4. The van der Waals surface area contributed by atoms with Crippen molar-refractivity contribution in [2.24, 2.45) is 0 Å². The lowest BCUT2D eigenvalue weighted by Gasteiger charge is -2.13. The molecule has 4 nitrogen and oxygen atoms in total. The van der Waals surface area contributed by atoms with Gasteiger partial charge in [-0.05, 0) is 25.2 Å². The number of methoxy groups -OCH3 is 1. The van der Waals surface area contributed by atoms with Crippen LogP contribution in [0.1, 0.15) is 5.56 Å². The molecule has 0 atom stereocenters. The number of hydrogen-bond acceptors (Lipinski definition) is 4. The normalized spacial score (nSPS) is 11.4. The quantitative estimate of drug-likeness (QED) is 0.747. The third kappa shape index (κ3) is 6.12. The van der Waals surface area contributed by atoms with Crippen LogP contribution in [0.25, 0.3) is 0 Å². The average Bonchev–Trinajstić information content (AvgIpc) is 2.38. The van der Waals surface area contributed by atoms with E-state index in [-0.39, 0.29) is 13.2 Å². The zero-order valence-corrected chi connectivity index (χ0v) is 11.4. The van der Waals surface area contributed by atoms with Crippen LogP contribution in [-0.4, -0.2) is 40.2 Å². The molecule has 7 heteroatoms. The summed E-state index contributed by atoms with van der Waals surface area (Å²) in [6.45, 7) is -0.762. The average molecular weight is 293 g/mol. The predicted octanol–water partition coefficient (Wildman–Crippen LogP) is 2.37. The summed E-state index contributed by atoms with van der Waals surface area (Å²) in [5, 5.41) is 2.98. The van der Waals surface area contributed by atoms with Crippen LogP contribution in [0.2, 0.25) is 0 Å². The third-order valence-corrected chi connectivity index (χ3v) is 2.39. The molecule has 0 unspecified atom stereocenters. The van der Waals surface area contributed by atoms with Gasteiger partial charge in [-0.25, -0.2) is 0 Å². The number of hydrogen-bond donors (Lipinski definition) is 1. The van der Waals surface area contributed by atoms with Gasteiger partial charge in [0, 0.05) is 12.1 Å². The largest absolute Gasteiger partial charge is 0.497 e. The van der Waals surface area contributed by atoms with Gasteiger partial charge in [-0.15, -0.1) is 0 Å². The van der Waals surface area contributed by atoms with Crippen molar-refractivity contribution < 1.29 is 27.4 Å². The molecule has 0 aliphatic rings. The summed E-state index contributed by atoms with van der Waals surface area (Å²) in [6.07, 6.45) is -4.31. The zero-order chi connectivity index (χ0) is 15.0. The van der Waals surface area contributed by atoms with E-state index in [1.165, 1.54) is 0 Å². The third-order valence-electron chi connectivity index (χ3n) is 2.39. The first-order valence-electron chi connectivity index (χ1n) is 6.05. The predicted molar refractivity (Wildman–Crippen MR) is 68.1 cm³/mol. The van der Waals surface area contributed by atoms with Crippen molar-refractivity contribution in [2.45, 2.75) is 12.7 Å². The molecule has 1 N–H and O–H groups in total. The summed E-state index contributed by atoms with van der Waals surface area (Å²) in [4.78, 5) is 0. The fourth-order valence-corrected chi connectivity index (χ4v) is 1.55. The van der Waals surface area contributed by atoms with Gasteiger partial charge in [-0.2, -0.15) is 13.2 Å². The van der Waals surface area contributed by atoms with E-state index >= 15 is 0 Å². The van der Waals surface area contributed by atoms with Crippen molar-refractivity contribution in [3.63, 3.8) is 0 Å². The second-order valence-electron chi connectivity index (χ2n) is 4.02. The molecule has 0 aromatic heterocycles. The SMILES string of the molecule is CNCc1cc(OC)ccc1OCCOCC(F)(F)F. The molecule has 20 heavy (non-hydrogen) atoms. The Labute approximate surface area is 115 Å². The standard InChI is InChI=1S/C13H18F3NO3/c1-17-8-10-7-11(18-2)3-4-12(10)20-6-5-19-9-13(14,15)16/h3-4,7,17H,5-6,8-9H2,1-2H3. The molecule has 0 aliphatic heterocycles. The van der Waals surface area contributed by atoms with E-state index in [4.69, 9.17) is 9.47 Å². The van der Waals surface area contributed by atoms with Crippen LogP contribution in [0.5, 0.6) is 11.5 Å². The van der Waals surface area contributed by atoms with Gasteiger partial charge in [0.05, 0.1) is 13.7 Å². The van der Waals surface area contributed by atoms with Gasteiger partial charge in [-0.1, -0.05) is 0 Å². The summed E-state index contributed by atoms with van der Waals surface area (Å²) in [7, 11) is 3.35. The highest BCUT2D eigenvalue weighted by Crippen LogP contribution is 2.24. The molecule has 0 bridgehead atoms. The number of benzene rings is 1. The summed E-state index contributed by atoms with van der Waals surface area (Å²) in [5.74, 6) is 1.28. The minimum absolute atomic E-state index is 0.0547. The molecule has 0 radical (unpaired) electrons. The van der Waals surface area contributed by atoms with Crippen molar-refractivity contribution in [1.82, 2.24) is 5.32 Å². The van der Waals surface area contributed by atoms with Crippen LogP contribution in [0.15, 0.2) is 18.2 Å². The van der Waals surface area contributed by atoms with Crippen LogP contribution < -0.4 is 14.8 Å². The molecule has 1 rings (SSSR count). The molecule has 0 fully saturated rings. The van der Waals surface area contributed by atoms with Crippen molar-refractivity contribution in [2.75, 3.05) is 34.0 Å². The van der Waals surface area contributed by atoms with E-state index in [0.29, 0.717) is 18.0 Å². The van der Waals surface area contributed by atoms with Crippen LogP contribution in [0.4, 0.5) is 13.2 Å². The first kappa shape index (κ1) is 16.6. The van der Waals surface area contributed by atoms with Crippen molar-refractivity contribution >= 4 is 0 Å². The van der Waals surface area contributed by atoms with E-state index < -0.39 is 12.8 Å². The van der Waals surface area contributed by atoms with Gasteiger partial charge >= 0.3 is 6.18 Å². The Kier molecular flexibility index (Phi) is 6.60. The lowest BCUT2D eigenvalue weighted by atomic mass is 10.2. The van der Waals surface area contributed by atoms with E-state index in [1.54, 1.807) is 26.3 Å². The number of rotatable bonds is 8. The van der Waals surface area contributed by atoms with Crippen LogP contribution >= 0.6 is 0 Å². The molecular weight excluding hydrogens is 275 g/mol. The second-order valence-corrected chi connectivity index (χ2v) is 4.02. The van der Waals surface area contributed by atoms with E-state index in [2.05, 4.69) is 10.1 Å². The summed E-state index contributed by atoms with van der Waals surface area (Å²) >= 11 is 0. The summed E-state index contributed by atoms with van der Waals surface area (Å²) in [6, 6.07) is 5.25. The summed E-state index contributed by atoms with van der Waals surface area (Å²) < 4.78 is 50.6. The maximum absolute atomic E-state index is 11.9. The highest BCUT2D eigenvalue weighted by molar-refractivity contribution is 5.40. The molecule has 0 saturated heterocycles. The minimum atomic E-state index is -4.31. The number of nitrogens with one attached hydrogen (secondary N) is 1. The molecule has 0 amide bonds. The monoisotopic (exact) mass is 293 g/mol. The Hall–Kier alpha value is -1.47. The van der Waals surface area contributed by atoms with Crippen LogP contribution in [0.3, 0.4) is 0 Å². The Morgan fingerprint density at radius 3 is 2.55 bits per heavy atom. The van der Waals surface area contributed by atoms with Crippen molar-refractivity contribution in [3.05, 3.63) is 23.8 Å². The first-order valence-corrected chi connectivity index (χ1v) is 6.05. The number of halogens is 3. The Morgan fingerprint density at radius 2 is 1.95 bits per heavy atom. The maximum atomic E-state index is 11.9. The fraction of sp³-hybridized carbons (Fsp3) is 0.538. The number of ether oxygens (including phenoxy) is 3. The zero-order valence-electron chi connectivity index (χ0n) is 11.4. The van der Waals surface area contributed by atoms with Crippen molar-refractivity contribution in [1.29, 1.82) is 0 Å². The minimum Gasteiger partial charge on any atom is -0.497 e. The topological polar surface area (TPSA) is 39.7 Å². The highest BCUT2D eigenvalue weighted by Gasteiger charge is 2.27. The van der Waals surface area contributed by atoms with E-state index in [0.717, 1.165) is 5.56 Å². The van der Waals surface area contributed by atoms with Gasteiger partial charge in [0.2, 0.25) is 0 Å². The van der Waals surface area contributed by atoms with E-state index in [9.17, 15) is 13.2 Å². The Balaban J connectivity index is 2.46.